The van der Waals surface area contributed by atoms with Gasteiger partial charge in [-0.05, 0) is 95.2 Å². The Bertz CT molecular complexity index is 1160. The number of amides is 2. The molecule has 0 radical (unpaired) electrons. The fourth-order valence-electron chi connectivity index (χ4n) is 6.77. The van der Waals surface area contributed by atoms with E-state index in [-0.39, 0.29) is 35.3 Å². The fraction of sp³-hybridized carbons (Fsp3) is 0.700. The highest BCUT2D eigenvalue weighted by Crippen LogP contribution is 2.51. The maximum atomic E-state index is 13.9. The molecule has 4 rings (SSSR count). The number of carbonyl (C=O) groups is 3. The number of aliphatic carboxylic acids is 1. The number of ether oxygens (including phenoxy) is 2. The molecule has 0 aromatic heterocycles. The van der Waals surface area contributed by atoms with Gasteiger partial charge in [0.1, 0.15) is 11.5 Å². The van der Waals surface area contributed by atoms with Crippen LogP contribution in [-0.4, -0.2) is 66.8 Å². The molecule has 0 saturated heterocycles. The van der Waals surface area contributed by atoms with Gasteiger partial charge in [-0.25, -0.2) is 0 Å². The maximum Gasteiger partial charge on any atom is 0.395 e. The van der Waals surface area contributed by atoms with Gasteiger partial charge in [-0.2, -0.15) is 13.2 Å². The number of carboxylic acid groups (broad SMARTS) is 1. The van der Waals surface area contributed by atoms with Crippen molar-refractivity contribution < 1.29 is 42.1 Å². The van der Waals surface area contributed by atoms with Crippen LogP contribution in [0.4, 0.5) is 13.2 Å². The Hall–Kier alpha value is -2.98. The van der Waals surface area contributed by atoms with Crippen molar-refractivity contribution in [2.75, 3.05) is 20.7 Å². The van der Waals surface area contributed by atoms with Crippen molar-refractivity contribution in [3.63, 3.8) is 0 Å². The summed E-state index contributed by atoms with van der Waals surface area (Å²) < 4.78 is 51.9. The van der Waals surface area contributed by atoms with Crippen LogP contribution in [0.5, 0.6) is 11.5 Å². The molecule has 1 aromatic carbocycles. The van der Waals surface area contributed by atoms with Gasteiger partial charge in [-0.1, -0.05) is 0 Å². The average molecular weight is 583 g/mol. The first-order valence-electron chi connectivity index (χ1n) is 14.3. The van der Waals surface area contributed by atoms with Gasteiger partial charge >= 0.3 is 12.1 Å². The third-order valence-electron chi connectivity index (χ3n) is 9.46. The van der Waals surface area contributed by atoms with Crippen LogP contribution >= 0.6 is 0 Å². The van der Waals surface area contributed by atoms with Crippen molar-refractivity contribution in [2.45, 2.75) is 84.0 Å². The van der Waals surface area contributed by atoms with Gasteiger partial charge in [-0.15, -0.1) is 0 Å². The fourth-order valence-corrected chi connectivity index (χ4v) is 6.77. The Morgan fingerprint density at radius 1 is 1.02 bits per heavy atom. The molecule has 2 N–H and O–H groups in total. The Morgan fingerprint density at radius 2 is 1.66 bits per heavy atom. The van der Waals surface area contributed by atoms with Crippen LogP contribution in [0.2, 0.25) is 0 Å². The lowest BCUT2D eigenvalue weighted by Crippen LogP contribution is -2.52. The molecule has 228 valence electrons. The maximum absolute atomic E-state index is 13.9. The molecule has 0 spiro atoms. The molecule has 0 unspecified atom stereocenters. The van der Waals surface area contributed by atoms with Crippen molar-refractivity contribution in [2.24, 2.45) is 29.1 Å². The van der Waals surface area contributed by atoms with Crippen LogP contribution in [0.15, 0.2) is 12.1 Å². The number of rotatable bonds is 9. The number of nitrogens with zero attached hydrogens (tertiary/aromatic N) is 1. The summed E-state index contributed by atoms with van der Waals surface area (Å²) in [6.45, 7) is 3.43. The summed E-state index contributed by atoms with van der Waals surface area (Å²) in [6.07, 6.45) is 0.0215. The minimum atomic E-state index is -4.46. The first kappa shape index (κ1) is 31.0. The zero-order valence-corrected chi connectivity index (χ0v) is 24.3. The van der Waals surface area contributed by atoms with E-state index in [1.165, 1.54) is 7.11 Å². The topological polar surface area (TPSA) is 105 Å². The number of hydrogen-bond donors (Lipinski definition) is 2. The molecule has 3 aliphatic carbocycles. The zero-order chi connectivity index (χ0) is 30.3. The lowest BCUT2D eigenvalue weighted by Gasteiger charge is -2.38. The van der Waals surface area contributed by atoms with Gasteiger partial charge in [0.05, 0.1) is 36.0 Å². The summed E-state index contributed by atoms with van der Waals surface area (Å²) in [4.78, 5) is 40.1. The van der Waals surface area contributed by atoms with Gasteiger partial charge < -0.3 is 24.8 Å². The number of aryl methyl sites for hydroxylation is 1. The molecule has 2 amide bonds. The van der Waals surface area contributed by atoms with Crippen LogP contribution < -0.4 is 14.8 Å². The van der Waals surface area contributed by atoms with Crippen LogP contribution in [0, 0.1) is 36.0 Å². The predicted molar refractivity (Wildman–Crippen MR) is 145 cm³/mol. The molecule has 0 heterocycles. The van der Waals surface area contributed by atoms with Crippen LogP contribution in [0.1, 0.15) is 74.7 Å². The minimum absolute atomic E-state index is 0.00832. The van der Waals surface area contributed by atoms with E-state index in [2.05, 4.69) is 5.32 Å². The predicted octanol–water partition coefficient (Wildman–Crippen LogP) is 5.22. The van der Waals surface area contributed by atoms with Crippen molar-refractivity contribution in [1.29, 1.82) is 0 Å². The van der Waals surface area contributed by atoms with Gasteiger partial charge in [0.25, 0.3) is 5.91 Å². The van der Waals surface area contributed by atoms with E-state index in [0.717, 1.165) is 38.7 Å². The molecule has 41 heavy (non-hydrogen) atoms. The number of carboxylic acids is 1. The van der Waals surface area contributed by atoms with E-state index < -0.39 is 42.0 Å². The Morgan fingerprint density at radius 3 is 2.24 bits per heavy atom. The van der Waals surface area contributed by atoms with Gasteiger partial charge in [0.2, 0.25) is 5.91 Å². The molecule has 3 aliphatic rings. The summed E-state index contributed by atoms with van der Waals surface area (Å²) in [5.41, 5.74) is -1.03. The summed E-state index contributed by atoms with van der Waals surface area (Å²) in [7, 11) is 3.11. The highest BCUT2D eigenvalue weighted by atomic mass is 19.4. The number of methoxy groups -OCH3 is 1. The van der Waals surface area contributed by atoms with E-state index in [1.54, 1.807) is 24.1 Å². The molecule has 4 atom stereocenters. The smallest absolute Gasteiger partial charge is 0.395 e. The van der Waals surface area contributed by atoms with E-state index >= 15 is 0 Å². The van der Waals surface area contributed by atoms with Gasteiger partial charge in [0, 0.05) is 19.6 Å². The lowest BCUT2D eigenvalue weighted by atomic mass is 9.82. The number of benzene rings is 1. The van der Waals surface area contributed by atoms with Gasteiger partial charge in [-0.3, -0.25) is 14.4 Å². The number of alkyl halides is 3. The Balaban J connectivity index is 1.52. The van der Waals surface area contributed by atoms with Crippen molar-refractivity contribution in [1.82, 2.24) is 10.2 Å². The second-order valence-electron chi connectivity index (χ2n) is 12.6. The molecule has 1 aromatic rings. The average Bonchev–Trinajstić information content (AvgIpc) is 3.53. The van der Waals surface area contributed by atoms with Crippen molar-refractivity contribution in [3.8, 4) is 11.5 Å². The Labute approximate surface area is 238 Å². The second-order valence-corrected chi connectivity index (χ2v) is 12.6. The summed E-state index contributed by atoms with van der Waals surface area (Å²) in [6, 6.07) is 2.92. The summed E-state index contributed by atoms with van der Waals surface area (Å²) in [5.74, 6) is -1.60. The molecule has 3 saturated carbocycles. The molecule has 0 aliphatic heterocycles. The molecule has 8 nitrogen and oxygen atoms in total. The largest absolute Gasteiger partial charge is 0.496 e. The number of hydrogen-bond acceptors (Lipinski definition) is 5. The third kappa shape index (κ3) is 6.28. The third-order valence-corrected chi connectivity index (χ3v) is 9.46. The molecule has 3 fully saturated rings. The molecular weight excluding hydrogens is 541 g/mol. The van der Waals surface area contributed by atoms with E-state index in [1.807, 2.05) is 6.92 Å². The normalized spacial score (nSPS) is 27.8. The number of carbonyl (C=O) groups excluding carboxylic acids is 2. The quantitative estimate of drug-likeness (QED) is 0.414. The van der Waals surface area contributed by atoms with Crippen molar-refractivity contribution >= 4 is 17.8 Å². The number of nitrogens with one attached hydrogen (secondary N) is 1. The molecular formula is C30H41F3N2O6. The molecule has 11 heteroatoms. The highest BCUT2D eigenvalue weighted by molar-refractivity contribution is 5.98. The van der Waals surface area contributed by atoms with Crippen LogP contribution in [-0.2, 0) is 9.59 Å². The first-order chi connectivity index (χ1) is 19.1. The summed E-state index contributed by atoms with van der Waals surface area (Å²) >= 11 is 0. The van der Waals surface area contributed by atoms with Crippen LogP contribution in [0.25, 0.3) is 0 Å². The summed E-state index contributed by atoms with van der Waals surface area (Å²) in [5, 5.41) is 11.8. The number of halogens is 3. The number of fused-ring (bicyclic) bond motifs is 2. The lowest BCUT2D eigenvalue weighted by molar-refractivity contribution is -0.209. The Kier molecular flexibility index (Phi) is 8.85. The van der Waals surface area contributed by atoms with E-state index in [9.17, 15) is 32.7 Å². The molecule has 2 bridgehead atoms. The highest BCUT2D eigenvalue weighted by Gasteiger charge is 2.54. The van der Waals surface area contributed by atoms with E-state index in [0.29, 0.717) is 37.2 Å². The zero-order valence-electron chi connectivity index (χ0n) is 24.3. The van der Waals surface area contributed by atoms with Gasteiger partial charge in [0.15, 0.2) is 0 Å². The van der Waals surface area contributed by atoms with Crippen LogP contribution in [0.3, 0.4) is 0 Å². The first-order valence-corrected chi connectivity index (χ1v) is 14.3. The van der Waals surface area contributed by atoms with Crippen molar-refractivity contribution in [3.05, 3.63) is 23.3 Å². The minimum Gasteiger partial charge on any atom is -0.496 e. The van der Waals surface area contributed by atoms with E-state index in [4.69, 9.17) is 9.47 Å². The second kappa shape index (κ2) is 11.7. The standard InChI is InChI=1S/C30H41F3N2O6/c1-16-12-23(40-5)21(14-22(16)41-20-10-8-17(9-11-20)28(38)39)27(37)35(4)25-19-7-6-18(13-19)24(25)26(36)34-15-29(2,3)30(31,32)33/h12,14,17-20,24-25H,6-11,13,15H2,1-5H3,(H,34,36)(H,38,39)/t17?,18-,19+,20?,24+,25-/m1/s1. The SMILES string of the molecule is COc1cc(C)c(OC2CCC(C(=O)O)CC2)cc1C(=O)N(C)[C@@H]1[C@H]2CC[C@H](C2)[C@@H]1C(=O)NCC(C)(C)C(F)(F)F. The monoisotopic (exact) mass is 582 g/mol.